The van der Waals surface area contributed by atoms with Gasteiger partial charge in [0, 0.05) is 32.4 Å². The number of aryl methyl sites for hydroxylation is 2. The number of sulfonamides is 2. The lowest BCUT2D eigenvalue weighted by Crippen LogP contribution is -2.42. The van der Waals surface area contributed by atoms with Gasteiger partial charge in [0.1, 0.15) is 6.54 Å². The summed E-state index contributed by atoms with van der Waals surface area (Å²) in [5.41, 5.74) is 3.31. The highest BCUT2D eigenvalue weighted by molar-refractivity contribution is 7.92. The third-order valence-corrected chi connectivity index (χ3v) is 10.3. The van der Waals surface area contributed by atoms with Gasteiger partial charge < -0.3 is 14.4 Å². The number of rotatable bonds is 9. The summed E-state index contributed by atoms with van der Waals surface area (Å²) in [4.78, 5) is 15.3. The second-order valence-electron chi connectivity index (χ2n) is 9.75. The fourth-order valence-electron chi connectivity index (χ4n) is 4.73. The number of nitrogens with zero attached hydrogens (tertiary/aromatic N) is 3. The SMILES string of the molecule is COc1ccc(S(=O)(=O)N(CC(=O)N2CCc3cc(S(=O)(=O)N(C)C)ccc32)c2cc(C)cc(C)c2)cc1OC. The Morgan fingerprint density at radius 1 is 0.825 bits per heavy atom. The number of ether oxygens (including phenoxy) is 2. The quantitative estimate of drug-likeness (QED) is 0.377. The molecule has 1 heterocycles. The Bertz CT molecular complexity index is 1650. The van der Waals surface area contributed by atoms with Gasteiger partial charge in [0.2, 0.25) is 15.9 Å². The minimum absolute atomic E-state index is 0.0579. The zero-order valence-corrected chi connectivity index (χ0v) is 25.0. The Labute approximate surface area is 235 Å². The summed E-state index contributed by atoms with van der Waals surface area (Å²) in [5, 5.41) is 0. The number of hydrogen-bond acceptors (Lipinski definition) is 7. The molecule has 0 atom stereocenters. The van der Waals surface area contributed by atoms with Gasteiger partial charge in [-0.05, 0) is 79.4 Å². The Morgan fingerprint density at radius 3 is 2.02 bits per heavy atom. The smallest absolute Gasteiger partial charge is 0.264 e. The molecule has 1 aliphatic rings. The highest BCUT2D eigenvalue weighted by Gasteiger charge is 2.33. The molecule has 0 aromatic heterocycles. The molecule has 0 spiro atoms. The number of methoxy groups -OCH3 is 2. The predicted molar refractivity (Wildman–Crippen MR) is 153 cm³/mol. The van der Waals surface area contributed by atoms with Crippen molar-refractivity contribution in [3.8, 4) is 11.5 Å². The van der Waals surface area contributed by atoms with Gasteiger partial charge in [0.15, 0.2) is 11.5 Å². The minimum atomic E-state index is -4.22. The van der Waals surface area contributed by atoms with Crippen molar-refractivity contribution in [3.05, 3.63) is 71.3 Å². The molecule has 0 saturated carbocycles. The van der Waals surface area contributed by atoms with Gasteiger partial charge in [0.05, 0.1) is 29.7 Å². The van der Waals surface area contributed by atoms with E-state index >= 15 is 0 Å². The maximum atomic E-state index is 14.0. The fraction of sp³-hybridized carbons (Fsp3) is 0.321. The van der Waals surface area contributed by atoms with Gasteiger partial charge in [-0.15, -0.1) is 0 Å². The molecular formula is C28H33N3O7S2. The molecule has 1 amide bonds. The summed E-state index contributed by atoms with van der Waals surface area (Å²) in [6.45, 7) is 3.55. The standard InChI is InChI=1S/C28H33N3O7S2/c1-19-13-20(2)15-22(14-19)31(40(35,36)24-8-10-26(37-5)27(17-24)38-6)18-28(32)30-12-11-21-16-23(7-9-25(21)30)39(33,34)29(3)4/h7-10,13-17H,11-12,18H2,1-6H3. The van der Waals surface area contributed by atoms with Gasteiger partial charge in [0.25, 0.3) is 10.0 Å². The normalized spacial score (nSPS) is 13.3. The molecule has 3 aromatic rings. The van der Waals surface area contributed by atoms with Crippen LogP contribution in [-0.2, 0) is 31.3 Å². The van der Waals surface area contributed by atoms with E-state index in [9.17, 15) is 21.6 Å². The molecule has 4 rings (SSSR count). The van der Waals surface area contributed by atoms with E-state index in [0.29, 0.717) is 35.7 Å². The zero-order chi connectivity index (χ0) is 29.4. The van der Waals surface area contributed by atoms with Gasteiger partial charge in [-0.1, -0.05) is 6.07 Å². The molecule has 0 radical (unpaired) electrons. The Kier molecular flexibility index (Phi) is 8.16. The van der Waals surface area contributed by atoms with Crippen LogP contribution < -0.4 is 18.7 Å². The van der Waals surface area contributed by atoms with Gasteiger partial charge in [-0.2, -0.15) is 0 Å². The number of anilines is 2. The zero-order valence-electron chi connectivity index (χ0n) is 23.3. The summed E-state index contributed by atoms with van der Waals surface area (Å²) in [6, 6.07) is 14.3. The number of amides is 1. The van der Waals surface area contributed by atoms with Crippen LogP contribution in [0.25, 0.3) is 0 Å². The van der Waals surface area contributed by atoms with Crippen molar-refractivity contribution in [2.45, 2.75) is 30.1 Å². The molecule has 3 aromatic carbocycles. The summed E-state index contributed by atoms with van der Waals surface area (Å²) in [6.07, 6.45) is 0.448. The van der Waals surface area contributed by atoms with E-state index in [-0.39, 0.29) is 15.5 Å². The second-order valence-corrected chi connectivity index (χ2v) is 13.8. The van der Waals surface area contributed by atoms with Crippen molar-refractivity contribution in [2.24, 2.45) is 0 Å². The van der Waals surface area contributed by atoms with Gasteiger partial charge >= 0.3 is 0 Å². The summed E-state index contributed by atoms with van der Waals surface area (Å²) >= 11 is 0. The maximum absolute atomic E-state index is 14.0. The molecule has 0 unspecified atom stereocenters. The van der Waals surface area contributed by atoms with Crippen molar-refractivity contribution in [1.82, 2.24) is 4.31 Å². The number of fused-ring (bicyclic) bond motifs is 1. The average Bonchev–Trinajstić information content (AvgIpc) is 3.34. The van der Waals surface area contributed by atoms with Crippen LogP contribution >= 0.6 is 0 Å². The molecule has 0 aliphatic carbocycles. The lowest BCUT2D eigenvalue weighted by molar-refractivity contribution is -0.117. The van der Waals surface area contributed by atoms with Gasteiger partial charge in [-0.3, -0.25) is 9.10 Å². The summed E-state index contributed by atoms with van der Waals surface area (Å²) < 4.78 is 66.0. The monoisotopic (exact) mass is 587 g/mol. The molecule has 0 bridgehead atoms. The first kappa shape index (κ1) is 29.4. The van der Waals surface area contributed by atoms with Crippen molar-refractivity contribution in [2.75, 3.05) is 50.6 Å². The maximum Gasteiger partial charge on any atom is 0.264 e. The third kappa shape index (κ3) is 5.51. The van der Waals surface area contributed by atoms with Crippen LogP contribution in [0.3, 0.4) is 0 Å². The molecule has 1 aliphatic heterocycles. The predicted octanol–water partition coefficient (Wildman–Crippen LogP) is 3.36. The molecule has 214 valence electrons. The highest BCUT2D eigenvalue weighted by Crippen LogP contribution is 2.34. The molecule has 40 heavy (non-hydrogen) atoms. The molecule has 0 fully saturated rings. The lowest BCUT2D eigenvalue weighted by Gasteiger charge is -2.27. The van der Waals surface area contributed by atoms with E-state index in [4.69, 9.17) is 9.47 Å². The molecule has 0 saturated heterocycles. The largest absolute Gasteiger partial charge is 0.493 e. The van der Waals surface area contributed by atoms with E-state index in [1.54, 1.807) is 24.3 Å². The number of carbonyl (C=O) groups is 1. The highest BCUT2D eigenvalue weighted by atomic mass is 32.2. The number of hydrogen-bond donors (Lipinski definition) is 0. The van der Waals surface area contributed by atoms with Crippen LogP contribution in [0.15, 0.2) is 64.4 Å². The van der Waals surface area contributed by atoms with Gasteiger partial charge in [-0.25, -0.2) is 21.1 Å². The Morgan fingerprint density at radius 2 is 1.43 bits per heavy atom. The molecular weight excluding hydrogens is 554 g/mol. The number of carbonyl (C=O) groups excluding carboxylic acids is 1. The number of benzene rings is 3. The van der Waals surface area contributed by atoms with Crippen LogP contribution in [0, 0.1) is 13.8 Å². The van der Waals surface area contributed by atoms with E-state index in [1.165, 1.54) is 57.5 Å². The lowest BCUT2D eigenvalue weighted by atomic mass is 10.1. The van der Waals surface area contributed by atoms with Crippen LogP contribution in [-0.4, -0.2) is 68.5 Å². The Hall–Kier alpha value is -3.61. The second kappa shape index (κ2) is 11.1. The first-order valence-electron chi connectivity index (χ1n) is 12.5. The third-order valence-electron chi connectivity index (χ3n) is 6.74. The van der Waals surface area contributed by atoms with Crippen LogP contribution in [0.2, 0.25) is 0 Å². The summed E-state index contributed by atoms with van der Waals surface area (Å²) in [7, 11) is -2.07. The van der Waals surface area contributed by atoms with Crippen molar-refractivity contribution >= 4 is 37.3 Å². The van der Waals surface area contributed by atoms with Crippen molar-refractivity contribution < 1.29 is 31.1 Å². The first-order valence-corrected chi connectivity index (χ1v) is 15.4. The van der Waals surface area contributed by atoms with Crippen molar-refractivity contribution in [1.29, 1.82) is 0 Å². The van der Waals surface area contributed by atoms with Crippen LogP contribution in [0.5, 0.6) is 11.5 Å². The van der Waals surface area contributed by atoms with Crippen LogP contribution in [0.1, 0.15) is 16.7 Å². The topological polar surface area (TPSA) is 114 Å². The van der Waals surface area contributed by atoms with Crippen molar-refractivity contribution in [3.63, 3.8) is 0 Å². The van der Waals surface area contributed by atoms with E-state index in [0.717, 1.165) is 19.7 Å². The summed E-state index contributed by atoms with van der Waals surface area (Å²) in [5.74, 6) is 0.178. The van der Waals surface area contributed by atoms with E-state index < -0.39 is 32.5 Å². The fourth-order valence-corrected chi connectivity index (χ4v) is 7.10. The Balaban J connectivity index is 1.73. The molecule has 12 heteroatoms. The molecule has 0 N–H and O–H groups in total. The average molecular weight is 588 g/mol. The van der Waals surface area contributed by atoms with E-state index in [2.05, 4.69) is 0 Å². The minimum Gasteiger partial charge on any atom is -0.493 e. The molecule has 10 nitrogen and oxygen atoms in total. The van der Waals surface area contributed by atoms with E-state index in [1.807, 2.05) is 19.9 Å². The first-order chi connectivity index (χ1) is 18.8. The van der Waals surface area contributed by atoms with Crippen LogP contribution in [0.4, 0.5) is 11.4 Å².